The monoisotopic (exact) mass is 176 g/mol. The van der Waals surface area contributed by atoms with Crippen LogP contribution in [0.3, 0.4) is 0 Å². The van der Waals surface area contributed by atoms with Crippen LogP contribution in [0.25, 0.3) is 6.08 Å². The second-order valence-electron chi connectivity index (χ2n) is 2.46. The van der Waals surface area contributed by atoms with Crippen LogP contribution in [0.4, 0.5) is 0 Å². The molecule has 1 rings (SSSR count). The summed E-state index contributed by atoms with van der Waals surface area (Å²) >= 11 is 1.71. The normalized spacial score (nSPS) is 11.4. The van der Waals surface area contributed by atoms with Gasteiger partial charge in [0.1, 0.15) is 0 Å². The first-order valence-electron chi connectivity index (χ1n) is 3.85. The van der Waals surface area contributed by atoms with Crippen molar-refractivity contribution in [2.75, 3.05) is 0 Å². The molecule has 62 valence electrons. The van der Waals surface area contributed by atoms with Crippen LogP contribution in [0, 0.1) is 0 Å². The lowest BCUT2D eigenvalue weighted by atomic mass is 10.2. The van der Waals surface area contributed by atoms with Gasteiger partial charge in [0, 0.05) is 0 Å². The molecular formula is C11H12S. The Kier molecular flexibility index (Phi) is 3.55. The van der Waals surface area contributed by atoms with E-state index in [1.54, 1.807) is 11.3 Å². The largest absolute Gasteiger partial charge is 0.152 e. The van der Waals surface area contributed by atoms with E-state index >= 15 is 0 Å². The summed E-state index contributed by atoms with van der Waals surface area (Å²) in [6.07, 6.45) is 8.06. The number of hydrogen-bond donors (Lipinski definition) is 0. The van der Waals surface area contributed by atoms with Crippen LogP contribution in [-0.4, -0.2) is 0 Å². The van der Waals surface area contributed by atoms with Gasteiger partial charge in [-0.3, -0.25) is 0 Å². The maximum Gasteiger partial charge on any atom is -0.00208 e. The lowest BCUT2D eigenvalue weighted by Gasteiger charge is -1.86. The van der Waals surface area contributed by atoms with E-state index in [0.29, 0.717) is 0 Å². The van der Waals surface area contributed by atoms with Gasteiger partial charge in [-0.15, -0.1) is 0 Å². The molecule has 1 heteroatoms. The summed E-state index contributed by atoms with van der Waals surface area (Å²) in [6, 6.07) is 2.09. The molecule has 1 aromatic heterocycles. The van der Waals surface area contributed by atoms with Crippen molar-refractivity contribution >= 4 is 17.4 Å². The van der Waals surface area contributed by atoms with Crippen molar-refractivity contribution in [2.24, 2.45) is 0 Å². The Morgan fingerprint density at radius 2 is 2.33 bits per heavy atom. The molecule has 0 unspecified atom stereocenters. The standard InChI is InChI=1S/C11H12S/c1-3-4-10(2)5-6-11-7-8-12-9-11/h3-9H,2H2,1H3/b4-3-,6-5+. The van der Waals surface area contributed by atoms with Crippen molar-refractivity contribution in [3.63, 3.8) is 0 Å². The molecule has 0 amide bonds. The van der Waals surface area contributed by atoms with E-state index in [2.05, 4.69) is 29.5 Å². The SMILES string of the molecule is C=C(/C=C\C)/C=C/c1ccsc1. The topological polar surface area (TPSA) is 0 Å². The first-order valence-corrected chi connectivity index (χ1v) is 4.79. The van der Waals surface area contributed by atoms with Gasteiger partial charge in [0.25, 0.3) is 0 Å². The van der Waals surface area contributed by atoms with Gasteiger partial charge >= 0.3 is 0 Å². The van der Waals surface area contributed by atoms with E-state index in [1.807, 2.05) is 25.2 Å². The van der Waals surface area contributed by atoms with Crippen LogP contribution in [-0.2, 0) is 0 Å². The molecule has 0 saturated carbocycles. The number of allylic oxidation sites excluding steroid dienone is 4. The molecule has 0 aliphatic carbocycles. The summed E-state index contributed by atoms with van der Waals surface area (Å²) in [4.78, 5) is 0. The van der Waals surface area contributed by atoms with E-state index in [9.17, 15) is 0 Å². The molecule has 0 fully saturated rings. The zero-order valence-corrected chi connectivity index (χ0v) is 7.97. The molecule has 0 saturated heterocycles. The Labute approximate surface area is 77.6 Å². The van der Waals surface area contributed by atoms with Crippen LogP contribution in [0.2, 0.25) is 0 Å². The molecule has 12 heavy (non-hydrogen) atoms. The van der Waals surface area contributed by atoms with Gasteiger partial charge < -0.3 is 0 Å². The van der Waals surface area contributed by atoms with Crippen molar-refractivity contribution in [1.82, 2.24) is 0 Å². The molecule has 1 aromatic rings. The molecule has 0 aromatic carbocycles. The van der Waals surface area contributed by atoms with Crippen LogP contribution >= 0.6 is 11.3 Å². The van der Waals surface area contributed by atoms with E-state index in [0.717, 1.165) is 5.57 Å². The fraction of sp³-hybridized carbons (Fsp3) is 0.0909. The third-order valence-corrected chi connectivity index (χ3v) is 2.12. The van der Waals surface area contributed by atoms with Crippen molar-refractivity contribution in [3.05, 3.63) is 52.8 Å². The fourth-order valence-corrected chi connectivity index (χ4v) is 1.47. The van der Waals surface area contributed by atoms with Gasteiger partial charge in [0.15, 0.2) is 0 Å². The predicted octanol–water partition coefficient (Wildman–Crippen LogP) is 3.89. The average Bonchev–Trinajstić information content (AvgIpc) is 2.53. The highest BCUT2D eigenvalue weighted by Gasteiger charge is 1.84. The van der Waals surface area contributed by atoms with Crippen molar-refractivity contribution < 1.29 is 0 Å². The Bertz CT molecular complexity index is 289. The summed E-state index contributed by atoms with van der Waals surface area (Å²) in [5.41, 5.74) is 2.27. The molecule has 0 aliphatic heterocycles. The Morgan fingerprint density at radius 3 is 2.92 bits per heavy atom. The zero-order valence-electron chi connectivity index (χ0n) is 7.16. The Morgan fingerprint density at radius 1 is 1.50 bits per heavy atom. The highest BCUT2D eigenvalue weighted by molar-refractivity contribution is 7.08. The van der Waals surface area contributed by atoms with Crippen LogP contribution in [0.5, 0.6) is 0 Å². The molecule has 0 spiro atoms. The van der Waals surface area contributed by atoms with Gasteiger partial charge in [0.2, 0.25) is 0 Å². The molecule has 0 radical (unpaired) electrons. The maximum atomic E-state index is 3.87. The van der Waals surface area contributed by atoms with Crippen molar-refractivity contribution in [2.45, 2.75) is 6.92 Å². The zero-order chi connectivity index (χ0) is 8.81. The molecular weight excluding hydrogens is 164 g/mol. The number of rotatable bonds is 3. The van der Waals surface area contributed by atoms with Crippen molar-refractivity contribution in [3.8, 4) is 0 Å². The molecule has 0 nitrogen and oxygen atoms in total. The van der Waals surface area contributed by atoms with Crippen molar-refractivity contribution in [1.29, 1.82) is 0 Å². The molecule has 0 bridgehead atoms. The molecule has 1 heterocycles. The molecule has 0 N–H and O–H groups in total. The smallest absolute Gasteiger partial charge is 0.00208 e. The Balaban J connectivity index is 2.57. The summed E-state index contributed by atoms with van der Waals surface area (Å²) in [6.45, 7) is 5.86. The van der Waals surface area contributed by atoms with Gasteiger partial charge in [-0.1, -0.05) is 30.9 Å². The Hall–Kier alpha value is -1.08. The third-order valence-electron chi connectivity index (χ3n) is 1.41. The minimum Gasteiger partial charge on any atom is -0.152 e. The first kappa shape index (κ1) is 9.01. The summed E-state index contributed by atoms with van der Waals surface area (Å²) < 4.78 is 0. The second kappa shape index (κ2) is 4.73. The second-order valence-corrected chi connectivity index (χ2v) is 3.24. The van der Waals surface area contributed by atoms with Gasteiger partial charge in [0.05, 0.1) is 0 Å². The maximum absolute atomic E-state index is 3.87. The highest BCUT2D eigenvalue weighted by atomic mass is 32.1. The number of hydrogen-bond acceptors (Lipinski definition) is 1. The lowest BCUT2D eigenvalue weighted by Crippen LogP contribution is -1.65. The van der Waals surface area contributed by atoms with E-state index in [4.69, 9.17) is 0 Å². The van der Waals surface area contributed by atoms with Crippen LogP contribution in [0.1, 0.15) is 12.5 Å². The minimum atomic E-state index is 1.03. The highest BCUT2D eigenvalue weighted by Crippen LogP contribution is 2.09. The molecule has 0 aliphatic rings. The van der Waals surface area contributed by atoms with Crippen LogP contribution in [0.15, 0.2) is 47.2 Å². The van der Waals surface area contributed by atoms with E-state index < -0.39 is 0 Å². The predicted molar refractivity (Wildman–Crippen MR) is 57.3 cm³/mol. The van der Waals surface area contributed by atoms with E-state index in [-0.39, 0.29) is 0 Å². The van der Waals surface area contributed by atoms with Gasteiger partial charge in [-0.25, -0.2) is 0 Å². The average molecular weight is 176 g/mol. The van der Waals surface area contributed by atoms with Crippen LogP contribution < -0.4 is 0 Å². The first-order chi connectivity index (χ1) is 5.83. The van der Waals surface area contributed by atoms with Gasteiger partial charge in [-0.2, -0.15) is 11.3 Å². The van der Waals surface area contributed by atoms with Gasteiger partial charge in [-0.05, 0) is 34.9 Å². The number of thiophene rings is 1. The summed E-state index contributed by atoms with van der Waals surface area (Å²) in [7, 11) is 0. The minimum absolute atomic E-state index is 1.03. The molecule has 0 atom stereocenters. The quantitative estimate of drug-likeness (QED) is 0.613. The summed E-state index contributed by atoms with van der Waals surface area (Å²) in [5, 5.41) is 4.18. The van der Waals surface area contributed by atoms with E-state index in [1.165, 1.54) is 5.56 Å². The lowest BCUT2D eigenvalue weighted by molar-refractivity contribution is 1.67. The summed E-state index contributed by atoms with van der Waals surface area (Å²) in [5.74, 6) is 0. The third kappa shape index (κ3) is 2.89. The fourth-order valence-electron chi connectivity index (χ4n) is 0.843.